The average Bonchev–Trinajstić information content (AvgIpc) is 2.60. The molecule has 0 bridgehead atoms. The summed E-state index contributed by atoms with van der Waals surface area (Å²) in [6, 6.07) is 3.63. The molecule has 2 rings (SSSR count). The van der Waals surface area contributed by atoms with Crippen molar-refractivity contribution in [3.63, 3.8) is 0 Å². The Morgan fingerprint density at radius 1 is 1.43 bits per heavy atom. The van der Waals surface area contributed by atoms with Crippen molar-refractivity contribution in [2.75, 3.05) is 0 Å². The van der Waals surface area contributed by atoms with Crippen molar-refractivity contribution in [1.29, 1.82) is 0 Å². The van der Waals surface area contributed by atoms with E-state index in [1.807, 2.05) is 11.4 Å². The van der Waals surface area contributed by atoms with Crippen LogP contribution in [0.3, 0.4) is 0 Å². The second kappa shape index (κ2) is 3.89. The fraction of sp³-hybridized carbons (Fsp3) is 0.100. The summed E-state index contributed by atoms with van der Waals surface area (Å²) in [5.41, 5.74) is 1.61. The molecule has 0 aliphatic carbocycles. The monoisotopic (exact) mass is 244 g/mol. The van der Waals surface area contributed by atoms with Crippen LogP contribution in [0.5, 0.6) is 0 Å². The number of carbonyl (C=O) groups is 1. The SMILES string of the molecule is O=Cc1c(Cl)ccc2c(CCl)csc12. The molecule has 1 aromatic heterocycles. The van der Waals surface area contributed by atoms with Crippen LogP contribution in [0.2, 0.25) is 5.02 Å². The van der Waals surface area contributed by atoms with Crippen LogP contribution in [-0.2, 0) is 5.88 Å². The van der Waals surface area contributed by atoms with Gasteiger partial charge < -0.3 is 0 Å². The zero-order valence-corrected chi connectivity index (χ0v) is 9.42. The van der Waals surface area contributed by atoms with Gasteiger partial charge in [-0.05, 0) is 22.4 Å². The zero-order chi connectivity index (χ0) is 10.1. The molecule has 0 spiro atoms. The van der Waals surface area contributed by atoms with Gasteiger partial charge >= 0.3 is 0 Å². The van der Waals surface area contributed by atoms with Crippen molar-refractivity contribution in [2.45, 2.75) is 5.88 Å². The first-order valence-electron chi connectivity index (χ1n) is 3.97. The number of halogens is 2. The molecule has 1 aromatic carbocycles. The van der Waals surface area contributed by atoms with Crippen LogP contribution in [0.1, 0.15) is 15.9 Å². The Balaban J connectivity index is 2.83. The summed E-state index contributed by atoms with van der Waals surface area (Å²) in [5.74, 6) is 0.458. The predicted octanol–water partition coefficient (Wildman–Crippen LogP) is 4.11. The number of rotatable bonds is 2. The summed E-state index contributed by atoms with van der Waals surface area (Å²) in [4.78, 5) is 10.8. The first kappa shape index (κ1) is 9.97. The third kappa shape index (κ3) is 1.44. The van der Waals surface area contributed by atoms with E-state index >= 15 is 0 Å². The first-order valence-corrected chi connectivity index (χ1v) is 5.77. The molecule has 0 aliphatic heterocycles. The van der Waals surface area contributed by atoms with Gasteiger partial charge in [0, 0.05) is 10.6 Å². The Labute approximate surface area is 95.3 Å². The summed E-state index contributed by atoms with van der Waals surface area (Å²) < 4.78 is 0.920. The molecule has 72 valence electrons. The van der Waals surface area contributed by atoms with E-state index in [1.54, 1.807) is 6.07 Å². The molecule has 0 amide bonds. The number of hydrogen-bond donors (Lipinski definition) is 0. The van der Waals surface area contributed by atoms with Gasteiger partial charge in [0.2, 0.25) is 0 Å². The molecule has 0 unspecified atom stereocenters. The molecule has 0 atom stereocenters. The van der Waals surface area contributed by atoms with Crippen molar-refractivity contribution in [2.24, 2.45) is 0 Å². The van der Waals surface area contributed by atoms with Crippen molar-refractivity contribution in [3.8, 4) is 0 Å². The number of alkyl halides is 1. The molecule has 0 fully saturated rings. The summed E-state index contributed by atoms with van der Waals surface area (Å²) in [6.07, 6.45) is 0.791. The van der Waals surface area contributed by atoms with E-state index < -0.39 is 0 Å². The van der Waals surface area contributed by atoms with Crippen LogP contribution in [0, 0.1) is 0 Å². The predicted molar refractivity (Wildman–Crippen MR) is 61.8 cm³/mol. The van der Waals surface area contributed by atoms with Gasteiger partial charge in [0.05, 0.1) is 10.6 Å². The quantitative estimate of drug-likeness (QED) is 0.574. The molecule has 4 heteroatoms. The Morgan fingerprint density at radius 2 is 2.21 bits per heavy atom. The summed E-state index contributed by atoms with van der Waals surface area (Å²) in [5, 5.41) is 3.48. The third-order valence-corrected chi connectivity index (χ3v) is 3.77. The van der Waals surface area contributed by atoms with Crippen molar-refractivity contribution in [1.82, 2.24) is 0 Å². The lowest BCUT2D eigenvalue weighted by Crippen LogP contribution is -1.82. The van der Waals surface area contributed by atoms with E-state index in [0.717, 1.165) is 21.9 Å². The van der Waals surface area contributed by atoms with Crippen LogP contribution in [0.25, 0.3) is 10.1 Å². The molecule has 0 aliphatic rings. The van der Waals surface area contributed by atoms with Gasteiger partial charge in [0.25, 0.3) is 0 Å². The van der Waals surface area contributed by atoms with Gasteiger partial charge in [0.1, 0.15) is 0 Å². The fourth-order valence-corrected chi connectivity index (χ4v) is 3.01. The third-order valence-electron chi connectivity index (χ3n) is 2.07. The Morgan fingerprint density at radius 3 is 2.86 bits per heavy atom. The summed E-state index contributed by atoms with van der Waals surface area (Å²) in [7, 11) is 0. The maximum atomic E-state index is 10.8. The van der Waals surface area contributed by atoms with E-state index in [-0.39, 0.29) is 0 Å². The van der Waals surface area contributed by atoms with E-state index in [2.05, 4.69) is 0 Å². The highest BCUT2D eigenvalue weighted by Crippen LogP contribution is 2.32. The van der Waals surface area contributed by atoms with E-state index in [1.165, 1.54) is 11.3 Å². The molecule has 2 aromatic rings. The van der Waals surface area contributed by atoms with Gasteiger partial charge in [-0.25, -0.2) is 0 Å². The van der Waals surface area contributed by atoms with E-state index in [0.29, 0.717) is 16.5 Å². The summed E-state index contributed by atoms with van der Waals surface area (Å²) in [6.45, 7) is 0. The molecule has 0 radical (unpaired) electrons. The number of aldehydes is 1. The minimum Gasteiger partial charge on any atom is -0.298 e. The normalized spacial score (nSPS) is 10.7. The smallest absolute Gasteiger partial charge is 0.152 e. The number of carbonyl (C=O) groups excluding carboxylic acids is 1. The maximum Gasteiger partial charge on any atom is 0.152 e. The number of benzene rings is 1. The Bertz CT molecular complexity index is 490. The molecule has 0 N–H and O–H groups in total. The summed E-state index contributed by atoms with van der Waals surface area (Å²) >= 11 is 13.2. The lowest BCUT2D eigenvalue weighted by atomic mass is 10.1. The lowest BCUT2D eigenvalue weighted by Gasteiger charge is -1.98. The molecule has 14 heavy (non-hydrogen) atoms. The Hall–Kier alpha value is -0.570. The highest BCUT2D eigenvalue weighted by atomic mass is 35.5. The average molecular weight is 245 g/mol. The van der Waals surface area contributed by atoms with Crippen molar-refractivity contribution in [3.05, 3.63) is 33.7 Å². The van der Waals surface area contributed by atoms with Crippen LogP contribution < -0.4 is 0 Å². The fourth-order valence-electron chi connectivity index (χ4n) is 1.36. The number of hydrogen-bond acceptors (Lipinski definition) is 2. The molecule has 1 nitrogen and oxygen atoms in total. The van der Waals surface area contributed by atoms with Crippen LogP contribution >= 0.6 is 34.5 Å². The molecule has 0 saturated carbocycles. The standard InChI is InChI=1S/C10H6Cl2OS/c11-3-6-5-14-10-7(6)1-2-9(12)8(10)4-13/h1-2,4-5H,3H2. The van der Waals surface area contributed by atoms with E-state index in [4.69, 9.17) is 23.2 Å². The molecule has 1 heterocycles. The molecule has 0 saturated heterocycles. The topological polar surface area (TPSA) is 17.1 Å². The maximum absolute atomic E-state index is 10.8. The highest BCUT2D eigenvalue weighted by molar-refractivity contribution is 7.17. The minimum absolute atomic E-state index is 0.458. The largest absolute Gasteiger partial charge is 0.298 e. The number of fused-ring (bicyclic) bond motifs is 1. The molecular weight excluding hydrogens is 239 g/mol. The first-order chi connectivity index (χ1) is 6.77. The van der Waals surface area contributed by atoms with Crippen molar-refractivity contribution >= 4 is 50.9 Å². The van der Waals surface area contributed by atoms with Crippen LogP contribution in [0.4, 0.5) is 0 Å². The van der Waals surface area contributed by atoms with Gasteiger partial charge in [0.15, 0.2) is 6.29 Å². The zero-order valence-electron chi connectivity index (χ0n) is 7.09. The second-order valence-electron chi connectivity index (χ2n) is 2.85. The Kier molecular flexibility index (Phi) is 2.77. The van der Waals surface area contributed by atoms with Crippen LogP contribution in [-0.4, -0.2) is 6.29 Å². The van der Waals surface area contributed by atoms with E-state index in [9.17, 15) is 4.79 Å². The lowest BCUT2D eigenvalue weighted by molar-refractivity contribution is 0.112. The van der Waals surface area contributed by atoms with Gasteiger partial charge in [-0.15, -0.1) is 22.9 Å². The van der Waals surface area contributed by atoms with Gasteiger partial charge in [-0.3, -0.25) is 4.79 Å². The van der Waals surface area contributed by atoms with Crippen LogP contribution in [0.15, 0.2) is 17.5 Å². The highest BCUT2D eigenvalue weighted by Gasteiger charge is 2.09. The molecular formula is C10H6Cl2OS. The van der Waals surface area contributed by atoms with Gasteiger partial charge in [-0.1, -0.05) is 17.7 Å². The van der Waals surface area contributed by atoms with Gasteiger partial charge in [-0.2, -0.15) is 0 Å². The minimum atomic E-state index is 0.458. The number of thiophene rings is 1. The second-order valence-corrected chi connectivity index (χ2v) is 4.40. The van der Waals surface area contributed by atoms with Crippen molar-refractivity contribution < 1.29 is 4.79 Å².